The largest absolute Gasteiger partial charge is 0.497 e. The highest BCUT2D eigenvalue weighted by Crippen LogP contribution is 2.43. The monoisotopic (exact) mass is 399 g/mol. The summed E-state index contributed by atoms with van der Waals surface area (Å²) in [5.41, 5.74) is 1.79. The van der Waals surface area contributed by atoms with Gasteiger partial charge in [0.05, 0.1) is 20.3 Å². The lowest BCUT2D eigenvalue weighted by Gasteiger charge is -2.40. The third-order valence-electron chi connectivity index (χ3n) is 5.60. The second kappa shape index (κ2) is 8.21. The van der Waals surface area contributed by atoms with Crippen molar-refractivity contribution >= 4 is 5.97 Å². The first-order chi connectivity index (χ1) is 14.1. The van der Waals surface area contributed by atoms with E-state index in [1.165, 1.54) is 0 Å². The van der Waals surface area contributed by atoms with Crippen LogP contribution in [0.3, 0.4) is 0 Å². The first-order valence-electron chi connectivity index (χ1n) is 9.72. The third-order valence-corrected chi connectivity index (χ3v) is 5.60. The van der Waals surface area contributed by atoms with Gasteiger partial charge >= 0.3 is 5.97 Å². The summed E-state index contributed by atoms with van der Waals surface area (Å²) in [6.07, 6.45) is 2.45. The van der Waals surface area contributed by atoms with Gasteiger partial charge in [-0.05, 0) is 55.3 Å². The van der Waals surface area contributed by atoms with E-state index in [-0.39, 0.29) is 12.8 Å². The summed E-state index contributed by atoms with van der Waals surface area (Å²) in [6.45, 7) is 0.865. The molecule has 0 aliphatic carbocycles. The van der Waals surface area contributed by atoms with Crippen molar-refractivity contribution < 1.29 is 28.8 Å². The molecule has 1 N–H and O–H groups in total. The fourth-order valence-electron chi connectivity index (χ4n) is 4.21. The summed E-state index contributed by atoms with van der Waals surface area (Å²) in [7, 11) is 3.23. The zero-order chi connectivity index (χ0) is 20.4. The first-order valence-corrected chi connectivity index (χ1v) is 9.72. The number of ether oxygens (including phenoxy) is 4. The molecule has 0 bridgehead atoms. The molecule has 2 atom stereocenters. The van der Waals surface area contributed by atoms with E-state index in [1.807, 2.05) is 41.3 Å². The Morgan fingerprint density at radius 1 is 1.10 bits per heavy atom. The Morgan fingerprint density at radius 3 is 2.69 bits per heavy atom. The number of nitrogens with zero attached hydrogens (tertiary/aromatic N) is 1. The lowest BCUT2D eigenvalue weighted by molar-refractivity contribution is -0.145. The number of hydrogen-bond acceptors (Lipinski definition) is 6. The van der Waals surface area contributed by atoms with E-state index in [2.05, 4.69) is 0 Å². The van der Waals surface area contributed by atoms with Crippen molar-refractivity contribution in [2.24, 2.45) is 0 Å². The SMILES string of the molecule is COc1ccc(OC)c(C(c2ccc3c(c2)OCO3)N2CCCCC2C(=O)O)c1. The number of likely N-dealkylation sites (tertiary alicyclic amines) is 1. The van der Waals surface area contributed by atoms with Gasteiger partial charge in [-0.25, -0.2) is 0 Å². The quantitative estimate of drug-likeness (QED) is 0.797. The van der Waals surface area contributed by atoms with Crippen LogP contribution in [0.4, 0.5) is 0 Å². The summed E-state index contributed by atoms with van der Waals surface area (Å²) < 4.78 is 22.1. The van der Waals surface area contributed by atoms with Gasteiger partial charge in [-0.15, -0.1) is 0 Å². The van der Waals surface area contributed by atoms with E-state index in [0.717, 1.165) is 24.0 Å². The Hall–Kier alpha value is -2.93. The van der Waals surface area contributed by atoms with Crippen LogP contribution in [0.15, 0.2) is 36.4 Å². The van der Waals surface area contributed by atoms with Crippen LogP contribution in [0.1, 0.15) is 36.4 Å². The van der Waals surface area contributed by atoms with Crippen LogP contribution in [-0.4, -0.2) is 49.6 Å². The van der Waals surface area contributed by atoms with Crippen molar-refractivity contribution in [3.63, 3.8) is 0 Å². The number of aliphatic carboxylic acids is 1. The van der Waals surface area contributed by atoms with Gasteiger partial charge in [0.25, 0.3) is 0 Å². The van der Waals surface area contributed by atoms with Crippen LogP contribution in [0, 0.1) is 0 Å². The molecule has 0 spiro atoms. The Bertz CT molecular complexity index is 899. The molecule has 0 radical (unpaired) electrons. The van der Waals surface area contributed by atoms with Gasteiger partial charge in [-0.3, -0.25) is 9.69 Å². The lowest BCUT2D eigenvalue weighted by atomic mass is 9.91. The lowest BCUT2D eigenvalue weighted by Crippen LogP contribution is -2.46. The minimum absolute atomic E-state index is 0.188. The van der Waals surface area contributed by atoms with Crippen LogP contribution in [0.2, 0.25) is 0 Å². The highest BCUT2D eigenvalue weighted by Gasteiger charge is 2.37. The van der Waals surface area contributed by atoms with Crippen molar-refractivity contribution in [3.8, 4) is 23.0 Å². The van der Waals surface area contributed by atoms with Crippen molar-refractivity contribution in [1.82, 2.24) is 4.90 Å². The number of carbonyl (C=O) groups is 1. The maximum Gasteiger partial charge on any atom is 0.320 e. The van der Waals surface area contributed by atoms with Crippen LogP contribution in [-0.2, 0) is 4.79 Å². The Morgan fingerprint density at radius 2 is 1.93 bits per heavy atom. The van der Waals surface area contributed by atoms with E-state index in [4.69, 9.17) is 18.9 Å². The fraction of sp³-hybridized carbons (Fsp3) is 0.409. The normalized spacial score (nSPS) is 19.6. The van der Waals surface area contributed by atoms with Gasteiger partial charge in [0, 0.05) is 5.56 Å². The highest BCUT2D eigenvalue weighted by atomic mass is 16.7. The predicted octanol–water partition coefficient (Wildman–Crippen LogP) is 3.46. The molecule has 2 aromatic rings. The third kappa shape index (κ3) is 3.70. The molecule has 0 aromatic heterocycles. The number of hydrogen-bond donors (Lipinski definition) is 1. The van der Waals surface area contributed by atoms with Gasteiger partial charge in [0.1, 0.15) is 17.5 Å². The summed E-state index contributed by atoms with van der Waals surface area (Å²) in [5, 5.41) is 9.89. The molecule has 4 rings (SSSR count). The number of carboxylic acid groups (broad SMARTS) is 1. The van der Waals surface area contributed by atoms with Crippen molar-refractivity contribution in [2.75, 3.05) is 27.6 Å². The second-order valence-electron chi connectivity index (χ2n) is 7.21. The molecule has 7 nitrogen and oxygen atoms in total. The van der Waals surface area contributed by atoms with Crippen LogP contribution >= 0.6 is 0 Å². The Kier molecular flexibility index (Phi) is 5.49. The van der Waals surface area contributed by atoms with E-state index >= 15 is 0 Å². The highest BCUT2D eigenvalue weighted by molar-refractivity contribution is 5.74. The Balaban J connectivity index is 1.86. The maximum atomic E-state index is 12.1. The minimum atomic E-state index is -0.808. The minimum Gasteiger partial charge on any atom is -0.497 e. The zero-order valence-electron chi connectivity index (χ0n) is 16.6. The number of carboxylic acids is 1. The molecule has 154 valence electrons. The molecular formula is C22H25NO6. The number of methoxy groups -OCH3 is 2. The number of rotatable bonds is 6. The molecule has 7 heteroatoms. The molecule has 2 aliphatic heterocycles. The number of fused-ring (bicyclic) bond motifs is 1. The molecular weight excluding hydrogens is 374 g/mol. The van der Waals surface area contributed by atoms with Crippen molar-refractivity contribution in [1.29, 1.82) is 0 Å². The average molecular weight is 399 g/mol. The average Bonchev–Trinajstić information content (AvgIpc) is 3.22. The fourth-order valence-corrected chi connectivity index (χ4v) is 4.21. The molecule has 2 aliphatic rings. The second-order valence-corrected chi connectivity index (χ2v) is 7.21. The summed E-state index contributed by atoms with van der Waals surface area (Å²) in [6, 6.07) is 10.5. The van der Waals surface area contributed by atoms with Crippen LogP contribution in [0.25, 0.3) is 0 Å². The number of benzene rings is 2. The van der Waals surface area contributed by atoms with Crippen LogP contribution in [0.5, 0.6) is 23.0 Å². The number of piperidine rings is 1. The summed E-state index contributed by atoms with van der Waals surface area (Å²) >= 11 is 0. The predicted molar refractivity (Wildman–Crippen MR) is 106 cm³/mol. The molecule has 2 heterocycles. The zero-order valence-corrected chi connectivity index (χ0v) is 16.6. The molecule has 0 saturated carbocycles. The van der Waals surface area contributed by atoms with E-state index in [0.29, 0.717) is 36.0 Å². The van der Waals surface area contributed by atoms with Gasteiger partial charge in [0.2, 0.25) is 6.79 Å². The van der Waals surface area contributed by atoms with E-state index in [1.54, 1.807) is 14.2 Å². The first kappa shape index (κ1) is 19.4. The van der Waals surface area contributed by atoms with Crippen LogP contribution < -0.4 is 18.9 Å². The molecule has 0 amide bonds. The van der Waals surface area contributed by atoms with Gasteiger partial charge in [-0.2, -0.15) is 0 Å². The van der Waals surface area contributed by atoms with Crippen molar-refractivity contribution in [3.05, 3.63) is 47.5 Å². The van der Waals surface area contributed by atoms with E-state index in [9.17, 15) is 9.90 Å². The molecule has 1 saturated heterocycles. The molecule has 2 aromatic carbocycles. The molecule has 29 heavy (non-hydrogen) atoms. The van der Waals surface area contributed by atoms with Gasteiger partial charge in [-0.1, -0.05) is 12.5 Å². The topological polar surface area (TPSA) is 77.5 Å². The van der Waals surface area contributed by atoms with E-state index < -0.39 is 12.0 Å². The molecule has 1 fully saturated rings. The standard InChI is InChI=1S/C22H25NO6/c1-26-15-7-9-18(27-2)16(12-15)21(23-10-4-3-5-17(23)22(24)25)14-6-8-19-20(11-14)29-13-28-19/h6-9,11-12,17,21H,3-5,10,13H2,1-2H3,(H,24,25). The summed E-state index contributed by atoms with van der Waals surface area (Å²) in [4.78, 5) is 14.1. The summed E-state index contributed by atoms with van der Waals surface area (Å²) in [5.74, 6) is 1.92. The molecule has 2 unspecified atom stereocenters. The van der Waals surface area contributed by atoms with Gasteiger partial charge < -0.3 is 24.1 Å². The Labute approximate surface area is 169 Å². The van der Waals surface area contributed by atoms with Gasteiger partial charge in [0.15, 0.2) is 11.5 Å². The van der Waals surface area contributed by atoms with Crippen molar-refractivity contribution in [2.45, 2.75) is 31.3 Å². The maximum absolute atomic E-state index is 12.1. The smallest absolute Gasteiger partial charge is 0.320 e.